The van der Waals surface area contributed by atoms with Gasteiger partial charge in [0.25, 0.3) is 0 Å². The van der Waals surface area contributed by atoms with Crippen molar-refractivity contribution in [2.75, 3.05) is 6.61 Å². The van der Waals surface area contributed by atoms with Gasteiger partial charge in [-0.1, -0.05) is 36.4 Å². The van der Waals surface area contributed by atoms with Crippen LogP contribution in [0.15, 0.2) is 42.5 Å². The molecule has 0 aliphatic carbocycles. The fourth-order valence-electron chi connectivity index (χ4n) is 2.72. The Morgan fingerprint density at radius 3 is 2.44 bits per heavy atom. The summed E-state index contributed by atoms with van der Waals surface area (Å²) in [5.74, 6) is -1.34. The molecule has 1 aliphatic rings. The average Bonchev–Trinajstić information content (AvgIpc) is 2.98. The zero-order valence-corrected chi connectivity index (χ0v) is 14.0. The van der Waals surface area contributed by atoms with Crippen LogP contribution in [0.5, 0.6) is 0 Å². The van der Waals surface area contributed by atoms with Crippen molar-refractivity contribution in [1.82, 2.24) is 0 Å². The largest absolute Gasteiger partial charge is 0.457 e. The van der Waals surface area contributed by atoms with E-state index in [-0.39, 0.29) is 17.9 Å². The van der Waals surface area contributed by atoms with Gasteiger partial charge in [-0.15, -0.1) is 0 Å². The number of nitrogens with two attached hydrogens (primary N) is 1. The summed E-state index contributed by atoms with van der Waals surface area (Å²) in [6.07, 6.45) is 0. The molecule has 0 amide bonds. The number of hydrogen-bond donors (Lipinski definition) is 2. The van der Waals surface area contributed by atoms with Crippen molar-refractivity contribution >= 4 is 28.2 Å². The average molecular weight is 361 g/mol. The van der Waals surface area contributed by atoms with Crippen molar-refractivity contribution < 1.29 is 22.7 Å². The highest BCUT2D eigenvalue weighted by atomic mass is 32.2. The maximum Gasteiger partial charge on any atom is 0.339 e. The predicted octanol–water partition coefficient (Wildman–Crippen LogP) is 2.47. The predicted molar refractivity (Wildman–Crippen MR) is 93.0 cm³/mol. The van der Waals surface area contributed by atoms with Gasteiger partial charge in [0, 0.05) is 17.7 Å². The molecular formula is C18H16FNO4S. The highest BCUT2D eigenvalue weighted by molar-refractivity contribution is 7.78. The maximum atomic E-state index is 14.2. The lowest BCUT2D eigenvalue weighted by Crippen LogP contribution is -2.00. The Bertz CT molecular complexity index is 877. The molecule has 0 spiro atoms. The smallest absolute Gasteiger partial charge is 0.339 e. The molecular weight excluding hydrogens is 345 g/mol. The molecule has 1 unspecified atom stereocenters. The van der Waals surface area contributed by atoms with Gasteiger partial charge in [0.2, 0.25) is 0 Å². The zero-order valence-electron chi connectivity index (χ0n) is 13.2. The first-order chi connectivity index (χ1) is 12.0. The number of cyclic esters (lactones) is 1. The molecule has 2 aromatic carbocycles. The number of rotatable bonds is 5. The second-order valence-corrected chi connectivity index (χ2v) is 6.53. The summed E-state index contributed by atoms with van der Waals surface area (Å²) in [5, 5.41) is 0. The number of carbonyl (C=O) groups is 1. The van der Waals surface area contributed by atoms with Crippen LogP contribution in [0.2, 0.25) is 0 Å². The molecule has 3 N–H and O–H groups in total. The molecule has 7 heteroatoms. The summed E-state index contributed by atoms with van der Waals surface area (Å²) >= 11 is -2.12. The molecule has 3 rings (SSSR count). The molecule has 2 aromatic rings. The van der Waals surface area contributed by atoms with Crippen LogP contribution in [0.3, 0.4) is 0 Å². The van der Waals surface area contributed by atoms with Crippen LogP contribution in [0.4, 0.5) is 4.39 Å². The van der Waals surface area contributed by atoms with Crippen LogP contribution < -0.4 is 5.73 Å². The summed E-state index contributed by atoms with van der Waals surface area (Å²) in [6.45, 7) is 0.451. The minimum Gasteiger partial charge on any atom is -0.457 e. The summed E-state index contributed by atoms with van der Waals surface area (Å²) in [5.41, 5.74) is 8.82. The third-order valence-corrected chi connectivity index (χ3v) is 4.57. The van der Waals surface area contributed by atoms with Gasteiger partial charge in [0.1, 0.15) is 12.4 Å². The van der Waals surface area contributed by atoms with E-state index in [1.54, 1.807) is 18.2 Å². The van der Waals surface area contributed by atoms with Gasteiger partial charge in [0.15, 0.2) is 11.1 Å². The van der Waals surface area contributed by atoms with E-state index in [2.05, 4.69) is 0 Å². The molecule has 1 aliphatic heterocycles. The molecule has 0 fully saturated rings. The lowest BCUT2D eigenvalue weighted by molar-refractivity contribution is -0.133. The standard InChI is InChI=1S/C18H16FNO4S/c19-16-7-13(5-6-14(16)10-25(22)23)15-9-24-18(21)17(15)12-3-1-11(8-20)2-4-12/h1-7H,8-10,20H2,(H,22,23). The lowest BCUT2D eigenvalue weighted by Gasteiger charge is -2.08. The van der Waals surface area contributed by atoms with Crippen molar-refractivity contribution in [3.05, 3.63) is 70.5 Å². The van der Waals surface area contributed by atoms with E-state index in [1.807, 2.05) is 12.1 Å². The van der Waals surface area contributed by atoms with E-state index < -0.39 is 22.9 Å². The molecule has 1 heterocycles. The minimum absolute atomic E-state index is 0.0531. The van der Waals surface area contributed by atoms with E-state index in [1.165, 1.54) is 12.1 Å². The van der Waals surface area contributed by atoms with E-state index >= 15 is 0 Å². The molecule has 25 heavy (non-hydrogen) atoms. The molecule has 130 valence electrons. The quantitative estimate of drug-likeness (QED) is 0.631. The van der Waals surface area contributed by atoms with Crippen molar-refractivity contribution in [2.45, 2.75) is 12.3 Å². The first-order valence-corrected chi connectivity index (χ1v) is 8.83. The van der Waals surface area contributed by atoms with E-state index in [0.717, 1.165) is 5.56 Å². The first-order valence-electron chi connectivity index (χ1n) is 7.55. The molecule has 5 nitrogen and oxygen atoms in total. The number of carbonyl (C=O) groups excluding carboxylic acids is 1. The third-order valence-electron chi connectivity index (χ3n) is 4.01. The Kier molecular flexibility index (Phi) is 5.08. The topological polar surface area (TPSA) is 89.6 Å². The Morgan fingerprint density at radius 1 is 1.16 bits per heavy atom. The van der Waals surface area contributed by atoms with Crippen LogP contribution in [-0.2, 0) is 32.9 Å². The fourth-order valence-corrected chi connectivity index (χ4v) is 3.22. The number of esters is 1. The first kappa shape index (κ1) is 17.5. The molecule has 0 aromatic heterocycles. The van der Waals surface area contributed by atoms with E-state index in [0.29, 0.717) is 28.8 Å². The second kappa shape index (κ2) is 7.26. The zero-order chi connectivity index (χ0) is 18.0. The van der Waals surface area contributed by atoms with Crippen LogP contribution in [0.25, 0.3) is 11.1 Å². The van der Waals surface area contributed by atoms with Gasteiger partial charge in [-0.3, -0.25) is 0 Å². The van der Waals surface area contributed by atoms with E-state index in [9.17, 15) is 13.4 Å². The van der Waals surface area contributed by atoms with Gasteiger partial charge >= 0.3 is 5.97 Å². The van der Waals surface area contributed by atoms with Crippen LogP contribution in [0.1, 0.15) is 22.3 Å². The maximum absolute atomic E-state index is 14.2. The Morgan fingerprint density at radius 2 is 1.84 bits per heavy atom. The Hall–Kier alpha value is -2.35. The normalized spacial score (nSPS) is 15.4. The van der Waals surface area contributed by atoms with Crippen molar-refractivity contribution in [1.29, 1.82) is 0 Å². The van der Waals surface area contributed by atoms with Gasteiger partial charge in [-0.2, -0.15) is 0 Å². The highest BCUT2D eigenvalue weighted by Gasteiger charge is 2.27. The van der Waals surface area contributed by atoms with Crippen LogP contribution in [-0.4, -0.2) is 21.3 Å². The fraction of sp³-hybridized carbons (Fsp3) is 0.167. The molecule has 0 saturated heterocycles. The monoisotopic (exact) mass is 361 g/mol. The van der Waals surface area contributed by atoms with E-state index in [4.69, 9.17) is 15.0 Å². The Labute approximate surface area is 146 Å². The summed E-state index contributed by atoms with van der Waals surface area (Å²) in [6, 6.07) is 11.5. The van der Waals surface area contributed by atoms with Crippen molar-refractivity contribution in [2.24, 2.45) is 5.73 Å². The van der Waals surface area contributed by atoms with Gasteiger partial charge in [0.05, 0.1) is 11.3 Å². The summed E-state index contributed by atoms with van der Waals surface area (Å²) < 4.78 is 39.1. The van der Waals surface area contributed by atoms with Crippen molar-refractivity contribution in [3.8, 4) is 0 Å². The highest BCUT2D eigenvalue weighted by Crippen LogP contribution is 2.33. The molecule has 1 atom stereocenters. The SMILES string of the molecule is NCc1ccc(C2=C(c3ccc(CS(=O)O)c(F)c3)COC2=O)cc1. The number of benzene rings is 2. The number of halogens is 1. The number of ether oxygens (including phenoxy) is 1. The van der Waals surface area contributed by atoms with Crippen LogP contribution in [0, 0.1) is 5.82 Å². The van der Waals surface area contributed by atoms with Crippen molar-refractivity contribution in [3.63, 3.8) is 0 Å². The Balaban J connectivity index is 2.03. The third kappa shape index (κ3) is 3.68. The molecule has 0 bridgehead atoms. The lowest BCUT2D eigenvalue weighted by atomic mass is 9.95. The summed E-state index contributed by atoms with van der Waals surface area (Å²) in [4.78, 5) is 12.1. The van der Waals surface area contributed by atoms with Gasteiger partial charge in [-0.25, -0.2) is 13.4 Å². The molecule has 0 radical (unpaired) electrons. The summed E-state index contributed by atoms with van der Waals surface area (Å²) in [7, 11) is 0. The van der Waals surface area contributed by atoms with Gasteiger partial charge in [-0.05, 0) is 22.8 Å². The number of hydrogen-bond acceptors (Lipinski definition) is 4. The van der Waals surface area contributed by atoms with Crippen LogP contribution >= 0.6 is 0 Å². The van der Waals surface area contributed by atoms with Gasteiger partial charge < -0.3 is 15.0 Å². The second-order valence-electron chi connectivity index (χ2n) is 5.60. The molecule has 0 saturated carbocycles. The minimum atomic E-state index is -2.12.